The summed E-state index contributed by atoms with van der Waals surface area (Å²) in [6, 6.07) is 14.6. The Labute approximate surface area is 124 Å². The average molecular weight is 284 g/mol. The first-order valence-electron chi connectivity index (χ1n) is 7.00. The first-order valence-corrected chi connectivity index (χ1v) is 7.00. The molecule has 1 unspecified atom stereocenters. The van der Waals surface area contributed by atoms with Gasteiger partial charge in [-0.05, 0) is 37.6 Å². The highest BCUT2D eigenvalue weighted by Gasteiger charge is 2.16. The Balaban J connectivity index is 2.17. The number of amides is 1. The van der Waals surface area contributed by atoms with Crippen molar-refractivity contribution in [3.05, 3.63) is 59.7 Å². The number of benzene rings is 2. The predicted molar refractivity (Wildman–Crippen MR) is 84.3 cm³/mol. The van der Waals surface area contributed by atoms with Gasteiger partial charge in [0.15, 0.2) is 0 Å². The van der Waals surface area contributed by atoms with Gasteiger partial charge in [-0.1, -0.05) is 30.3 Å². The fourth-order valence-corrected chi connectivity index (χ4v) is 2.19. The molecule has 4 heteroatoms. The number of hydrogen-bond acceptors (Lipinski definition) is 3. The average Bonchev–Trinajstić information content (AvgIpc) is 2.48. The molecule has 21 heavy (non-hydrogen) atoms. The number of nitrogens with two attached hydrogens (primary N) is 1. The number of ether oxygens (including phenoxy) is 1. The third-order valence-corrected chi connectivity index (χ3v) is 3.24. The molecule has 0 spiro atoms. The van der Waals surface area contributed by atoms with E-state index in [1.165, 1.54) is 0 Å². The molecule has 0 fully saturated rings. The number of hydrogen-bond donors (Lipinski definition) is 2. The maximum absolute atomic E-state index is 12.4. The smallest absolute Gasteiger partial charge is 0.255 e. The zero-order valence-corrected chi connectivity index (χ0v) is 12.3. The zero-order chi connectivity index (χ0) is 15.2. The molecule has 3 N–H and O–H groups in total. The molecule has 1 atom stereocenters. The SMILES string of the molecule is CCOc1ccccc1C(=O)NC(C)c1ccccc1N. The fraction of sp³-hybridized carbons (Fsp3) is 0.235. The van der Waals surface area contributed by atoms with E-state index in [-0.39, 0.29) is 11.9 Å². The van der Waals surface area contributed by atoms with E-state index >= 15 is 0 Å². The van der Waals surface area contributed by atoms with E-state index in [1.807, 2.05) is 50.2 Å². The summed E-state index contributed by atoms with van der Waals surface area (Å²) in [6.07, 6.45) is 0. The topological polar surface area (TPSA) is 64.3 Å². The molecule has 0 bridgehead atoms. The molecule has 0 aliphatic carbocycles. The summed E-state index contributed by atoms with van der Waals surface area (Å²) < 4.78 is 5.48. The molecule has 1 amide bonds. The molecule has 0 saturated heterocycles. The van der Waals surface area contributed by atoms with E-state index in [0.717, 1.165) is 5.56 Å². The van der Waals surface area contributed by atoms with Gasteiger partial charge in [0.1, 0.15) is 5.75 Å². The second kappa shape index (κ2) is 6.79. The van der Waals surface area contributed by atoms with Crippen LogP contribution < -0.4 is 15.8 Å². The monoisotopic (exact) mass is 284 g/mol. The number of nitrogens with one attached hydrogen (secondary N) is 1. The highest BCUT2D eigenvalue weighted by molar-refractivity contribution is 5.97. The minimum Gasteiger partial charge on any atom is -0.493 e. The van der Waals surface area contributed by atoms with E-state index in [9.17, 15) is 4.79 Å². The number of carbonyl (C=O) groups is 1. The second-order valence-corrected chi connectivity index (χ2v) is 4.75. The van der Waals surface area contributed by atoms with Gasteiger partial charge in [0.2, 0.25) is 0 Å². The van der Waals surface area contributed by atoms with Crippen LogP contribution in [0.1, 0.15) is 35.8 Å². The Bertz CT molecular complexity index is 626. The van der Waals surface area contributed by atoms with E-state index in [4.69, 9.17) is 10.5 Å². The minimum absolute atomic E-state index is 0.171. The highest BCUT2D eigenvalue weighted by atomic mass is 16.5. The Morgan fingerprint density at radius 3 is 2.57 bits per heavy atom. The van der Waals surface area contributed by atoms with Crippen molar-refractivity contribution in [3.63, 3.8) is 0 Å². The molecular formula is C17H20N2O2. The van der Waals surface area contributed by atoms with Gasteiger partial charge in [0, 0.05) is 5.69 Å². The quantitative estimate of drug-likeness (QED) is 0.829. The lowest BCUT2D eigenvalue weighted by atomic mass is 10.1. The molecule has 0 saturated carbocycles. The van der Waals surface area contributed by atoms with Crippen LogP contribution in [0.2, 0.25) is 0 Å². The largest absolute Gasteiger partial charge is 0.493 e. The van der Waals surface area contributed by atoms with Crippen LogP contribution in [0.5, 0.6) is 5.75 Å². The molecule has 110 valence electrons. The summed E-state index contributed by atoms with van der Waals surface area (Å²) >= 11 is 0. The summed E-state index contributed by atoms with van der Waals surface area (Å²) in [5, 5.41) is 2.95. The van der Waals surface area contributed by atoms with Crippen molar-refractivity contribution in [2.24, 2.45) is 0 Å². The normalized spacial score (nSPS) is 11.7. The van der Waals surface area contributed by atoms with Gasteiger partial charge in [0.25, 0.3) is 5.91 Å². The van der Waals surface area contributed by atoms with Crippen molar-refractivity contribution in [1.82, 2.24) is 5.32 Å². The molecule has 4 nitrogen and oxygen atoms in total. The van der Waals surface area contributed by atoms with Crippen LogP contribution >= 0.6 is 0 Å². The van der Waals surface area contributed by atoms with Crippen LogP contribution in [0.4, 0.5) is 5.69 Å². The minimum atomic E-state index is -0.173. The molecule has 2 aromatic rings. The standard InChI is InChI=1S/C17H20N2O2/c1-3-21-16-11-7-5-9-14(16)17(20)19-12(2)13-8-4-6-10-15(13)18/h4-12H,3,18H2,1-2H3,(H,19,20). The maximum atomic E-state index is 12.4. The van der Waals surface area contributed by atoms with Crippen molar-refractivity contribution in [2.75, 3.05) is 12.3 Å². The van der Waals surface area contributed by atoms with Gasteiger partial charge >= 0.3 is 0 Å². The van der Waals surface area contributed by atoms with Crippen molar-refractivity contribution >= 4 is 11.6 Å². The molecule has 0 radical (unpaired) electrons. The van der Waals surface area contributed by atoms with Crippen LogP contribution in [0.15, 0.2) is 48.5 Å². The number of para-hydroxylation sites is 2. The molecular weight excluding hydrogens is 264 g/mol. The fourth-order valence-electron chi connectivity index (χ4n) is 2.19. The van der Waals surface area contributed by atoms with E-state index in [0.29, 0.717) is 23.6 Å². The molecule has 0 heterocycles. The number of rotatable bonds is 5. The van der Waals surface area contributed by atoms with Crippen molar-refractivity contribution < 1.29 is 9.53 Å². The van der Waals surface area contributed by atoms with Crippen LogP contribution in [-0.4, -0.2) is 12.5 Å². The summed E-state index contributed by atoms with van der Waals surface area (Å²) in [6.45, 7) is 4.32. The molecule has 2 aromatic carbocycles. The van der Waals surface area contributed by atoms with Gasteiger partial charge in [-0.3, -0.25) is 4.79 Å². The van der Waals surface area contributed by atoms with E-state index in [1.54, 1.807) is 12.1 Å². The molecule has 0 aliphatic heterocycles. The van der Waals surface area contributed by atoms with Crippen molar-refractivity contribution in [2.45, 2.75) is 19.9 Å². The lowest BCUT2D eigenvalue weighted by Gasteiger charge is -2.17. The van der Waals surface area contributed by atoms with E-state index in [2.05, 4.69) is 5.32 Å². The van der Waals surface area contributed by atoms with Gasteiger partial charge in [0.05, 0.1) is 18.2 Å². The summed E-state index contributed by atoms with van der Waals surface area (Å²) in [5.74, 6) is 0.417. The van der Waals surface area contributed by atoms with Crippen LogP contribution in [0.3, 0.4) is 0 Å². The van der Waals surface area contributed by atoms with Crippen LogP contribution in [0, 0.1) is 0 Å². The van der Waals surface area contributed by atoms with Gasteiger partial charge in [-0.2, -0.15) is 0 Å². The molecule has 0 aliphatic rings. The summed E-state index contributed by atoms with van der Waals surface area (Å²) in [7, 11) is 0. The first kappa shape index (κ1) is 14.9. The summed E-state index contributed by atoms with van der Waals surface area (Å²) in [4.78, 5) is 12.4. The highest BCUT2D eigenvalue weighted by Crippen LogP contribution is 2.22. The van der Waals surface area contributed by atoms with Crippen LogP contribution in [-0.2, 0) is 0 Å². The van der Waals surface area contributed by atoms with Crippen LogP contribution in [0.25, 0.3) is 0 Å². The predicted octanol–water partition coefficient (Wildman–Crippen LogP) is 3.16. The third-order valence-electron chi connectivity index (χ3n) is 3.24. The Morgan fingerprint density at radius 1 is 1.19 bits per heavy atom. The van der Waals surface area contributed by atoms with Crippen molar-refractivity contribution in [1.29, 1.82) is 0 Å². The lowest BCUT2D eigenvalue weighted by Crippen LogP contribution is -2.27. The third kappa shape index (κ3) is 3.54. The van der Waals surface area contributed by atoms with Gasteiger partial charge in [-0.25, -0.2) is 0 Å². The Hall–Kier alpha value is -2.49. The molecule has 2 rings (SSSR count). The number of carbonyl (C=O) groups excluding carboxylic acids is 1. The second-order valence-electron chi connectivity index (χ2n) is 4.75. The van der Waals surface area contributed by atoms with Crippen molar-refractivity contribution in [3.8, 4) is 5.75 Å². The number of nitrogen functional groups attached to an aromatic ring is 1. The van der Waals surface area contributed by atoms with Gasteiger partial charge < -0.3 is 15.8 Å². The maximum Gasteiger partial charge on any atom is 0.255 e. The zero-order valence-electron chi connectivity index (χ0n) is 12.3. The Morgan fingerprint density at radius 2 is 1.86 bits per heavy atom. The van der Waals surface area contributed by atoms with Gasteiger partial charge in [-0.15, -0.1) is 0 Å². The Kier molecular flexibility index (Phi) is 4.82. The first-order chi connectivity index (χ1) is 10.1. The summed E-state index contributed by atoms with van der Waals surface area (Å²) in [5.41, 5.74) is 8.04. The van der Waals surface area contributed by atoms with E-state index < -0.39 is 0 Å². The lowest BCUT2D eigenvalue weighted by molar-refractivity contribution is 0.0936. The molecule has 0 aromatic heterocycles. The number of anilines is 1.